The molecule has 2 aliphatic carbocycles. The molecule has 6 aromatic carbocycles. The third-order valence-electron chi connectivity index (χ3n) is 11.4. The molecule has 1 spiro atoms. The monoisotopic (exact) mass is 674 g/mol. The second-order valence-corrected chi connectivity index (χ2v) is 23.2. The lowest BCUT2D eigenvalue weighted by molar-refractivity contribution is 0.596. The molecule has 236 valence electrons. The summed E-state index contributed by atoms with van der Waals surface area (Å²) in [5.41, 5.74) is 16.4. The summed E-state index contributed by atoms with van der Waals surface area (Å²) in [5, 5.41) is 4.72. The average molecular weight is 675 g/mol. The van der Waals surface area contributed by atoms with Gasteiger partial charge in [0, 0.05) is 30.5 Å². The highest BCUT2D eigenvalue weighted by Gasteiger charge is 2.52. The van der Waals surface area contributed by atoms with Crippen molar-refractivity contribution in [1.82, 2.24) is 0 Å². The zero-order valence-corrected chi connectivity index (χ0v) is 30.5. The zero-order valence-electron chi connectivity index (χ0n) is 28.1. The first-order chi connectivity index (χ1) is 23.2. The van der Waals surface area contributed by atoms with Crippen LogP contribution in [0.15, 0.2) is 121 Å². The van der Waals surface area contributed by atoms with E-state index in [0.717, 1.165) is 0 Å². The predicted molar refractivity (Wildman–Crippen MR) is 214 cm³/mol. The van der Waals surface area contributed by atoms with Crippen LogP contribution in [0.4, 0.5) is 0 Å². The van der Waals surface area contributed by atoms with Crippen LogP contribution in [0, 0.1) is 0 Å². The molecule has 0 N–H and O–H groups in total. The maximum absolute atomic E-state index is 2.56. The molecule has 0 bridgehead atoms. The summed E-state index contributed by atoms with van der Waals surface area (Å²) in [4.78, 5) is 0. The Morgan fingerprint density at radius 3 is 1.98 bits per heavy atom. The fraction of sp³-hybridized carbons (Fsp3) is 0.200. The van der Waals surface area contributed by atoms with Crippen LogP contribution in [-0.4, -0.2) is 11.3 Å². The van der Waals surface area contributed by atoms with Gasteiger partial charge in [-0.25, -0.2) is 0 Å². The van der Waals surface area contributed by atoms with E-state index >= 15 is 0 Å². The summed E-state index contributed by atoms with van der Waals surface area (Å²) in [6, 6.07) is 47.1. The Kier molecular flexibility index (Phi) is 6.02. The van der Waals surface area contributed by atoms with E-state index < -0.39 is 9.06 Å². The van der Waals surface area contributed by atoms with E-state index in [0.29, 0.717) is 5.25 Å². The molecule has 10 rings (SSSR count). The van der Waals surface area contributed by atoms with Crippen LogP contribution < -0.4 is 0 Å². The standard InChI is InChI=1S/C45H38S3/c1-27(48(5)26-46-48)28-19-21-38-35(22-28)33-20-18-29(23-39(33)45(38)36-15-9-6-12-31(36)32-13-7-10-16-37(32)45)30-24-40(44(2,3)4)43-34-14-8-11-17-41(34)47-42(43)25-30/h6-25,27H,26H2,1-5H3. The highest BCUT2D eigenvalue weighted by molar-refractivity contribution is 9.08. The Labute approximate surface area is 293 Å². The molecular formula is C45H38S3. The van der Waals surface area contributed by atoms with Crippen LogP contribution >= 0.6 is 31.2 Å². The molecule has 0 amide bonds. The first-order valence-electron chi connectivity index (χ1n) is 17.0. The van der Waals surface area contributed by atoms with E-state index in [1.807, 2.05) is 11.3 Å². The molecular weight excluding hydrogens is 637 g/mol. The Bertz CT molecular complexity index is 2440. The van der Waals surface area contributed by atoms with E-state index in [1.165, 1.54) is 92.0 Å². The minimum atomic E-state index is -0.595. The molecule has 0 nitrogen and oxygen atoms in total. The van der Waals surface area contributed by atoms with Crippen molar-refractivity contribution in [2.45, 2.75) is 43.8 Å². The van der Waals surface area contributed by atoms with Crippen molar-refractivity contribution in [1.29, 1.82) is 0 Å². The van der Waals surface area contributed by atoms with Gasteiger partial charge in [0.25, 0.3) is 0 Å². The van der Waals surface area contributed by atoms with Crippen molar-refractivity contribution >= 4 is 51.4 Å². The van der Waals surface area contributed by atoms with E-state index in [2.05, 4.69) is 166 Å². The van der Waals surface area contributed by atoms with Crippen molar-refractivity contribution in [2.24, 2.45) is 0 Å². The summed E-state index contributed by atoms with van der Waals surface area (Å²) in [5.74, 6) is 0. The minimum absolute atomic E-state index is 0.0151. The van der Waals surface area contributed by atoms with E-state index in [9.17, 15) is 0 Å². The first-order valence-corrected chi connectivity index (χ1v) is 21.6. The maximum atomic E-state index is 2.56. The molecule has 0 saturated carbocycles. The molecule has 48 heavy (non-hydrogen) atoms. The molecule has 1 aromatic heterocycles. The topological polar surface area (TPSA) is 0 Å². The number of hydrogen-bond donors (Lipinski definition) is 0. The van der Waals surface area contributed by atoms with Crippen LogP contribution in [0.25, 0.3) is 53.6 Å². The van der Waals surface area contributed by atoms with Crippen LogP contribution in [-0.2, 0) is 10.8 Å². The fourth-order valence-corrected chi connectivity index (χ4v) is 14.6. The number of fused-ring (bicyclic) bond motifs is 13. The van der Waals surface area contributed by atoms with Gasteiger partial charge >= 0.3 is 0 Å². The lowest BCUT2D eigenvalue weighted by atomic mass is 9.70. The molecule has 0 radical (unpaired) electrons. The van der Waals surface area contributed by atoms with Crippen molar-refractivity contribution in [3.05, 3.63) is 155 Å². The largest absolute Gasteiger partial charge is 0.178 e. The van der Waals surface area contributed by atoms with Crippen LogP contribution in [0.2, 0.25) is 0 Å². The van der Waals surface area contributed by atoms with Gasteiger partial charge < -0.3 is 0 Å². The summed E-state index contributed by atoms with van der Waals surface area (Å²) >= 11 is 1.93. The molecule has 2 atom stereocenters. The third kappa shape index (κ3) is 3.87. The molecule has 3 aliphatic rings. The molecule has 1 fully saturated rings. The Morgan fingerprint density at radius 1 is 0.625 bits per heavy atom. The van der Waals surface area contributed by atoms with Gasteiger partial charge in [0.2, 0.25) is 0 Å². The van der Waals surface area contributed by atoms with Gasteiger partial charge in [-0.1, -0.05) is 112 Å². The van der Waals surface area contributed by atoms with Gasteiger partial charge in [0.15, 0.2) is 0 Å². The average Bonchev–Trinajstić information content (AvgIpc) is 3.51. The van der Waals surface area contributed by atoms with Gasteiger partial charge in [-0.05, 0) is 116 Å². The van der Waals surface area contributed by atoms with Crippen molar-refractivity contribution in [3.8, 4) is 33.4 Å². The molecule has 1 aliphatic heterocycles. The van der Waals surface area contributed by atoms with E-state index in [-0.39, 0.29) is 10.8 Å². The molecule has 7 aromatic rings. The maximum Gasteiger partial charge on any atom is 0.0725 e. The summed E-state index contributed by atoms with van der Waals surface area (Å²) in [6.45, 7) is 9.54. The van der Waals surface area contributed by atoms with Crippen LogP contribution in [0.3, 0.4) is 0 Å². The Balaban J connectivity index is 1.26. The van der Waals surface area contributed by atoms with Crippen LogP contribution in [0.5, 0.6) is 0 Å². The molecule has 1 saturated heterocycles. The molecule has 2 heterocycles. The summed E-state index contributed by atoms with van der Waals surface area (Å²) < 4.78 is 2.74. The lowest BCUT2D eigenvalue weighted by Crippen LogP contribution is -2.26. The van der Waals surface area contributed by atoms with Crippen molar-refractivity contribution in [3.63, 3.8) is 0 Å². The van der Waals surface area contributed by atoms with Crippen molar-refractivity contribution in [2.75, 3.05) is 11.3 Å². The van der Waals surface area contributed by atoms with Crippen molar-refractivity contribution < 1.29 is 0 Å². The van der Waals surface area contributed by atoms with Crippen LogP contribution in [0.1, 0.15) is 66.3 Å². The molecule has 3 heteroatoms. The second kappa shape index (κ2) is 9.91. The van der Waals surface area contributed by atoms with E-state index in [1.54, 1.807) is 0 Å². The van der Waals surface area contributed by atoms with Gasteiger partial charge in [-0.15, -0.1) is 22.1 Å². The number of benzene rings is 6. The Morgan fingerprint density at radius 2 is 1.27 bits per heavy atom. The summed E-state index contributed by atoms with van der Waals surface area (Å²) in [6.07, 6.45) is 2.51. The predicted octanol–water partition coefficient (Wildman–Crippen LogP) is 13.5. The van der Waals surface area contributed by atoms with Gasteiger partial charge in [-0.2, -0.15) is 9.06 Å². The highest BCUT2D eigenvalue weighted by atomic mass is 33.2. The van der Waals surface area contributed by atoms with Gasteiger partial charge in [0.1, 0.15) is 0 Å². The number of rotatable bonds is 3. The van der Waals surface area contributed by atoms with Gasteiger partial charge in [-0.3, -0.25) is 0 Å². The number of thiophene rings is 1. The summed E-state index contributed by atoms with van der Waals surface area (Å²) in [7, 11) is 1.59. The SMILES string of the molecule is CC(c1ccc2c(c1)-c1ccc(-c3cc(C(C)(C)C)c4c(c3)sc3ccccc34)cc1C21c2ccccc2-c2ccccc21)S1(C)CS1. The third-order valence-corrected chi connectivity index (χ3v) is 19.1. The van der Waals surface area contributed by atoms with Gasteiger partial charge in [0.05, 0.1) is 5.41 Å². The first kappa shape index (κ1) is 29.2. The Hall–Kier alpha value is -3.76. The fourth-order valence-electron chi connectivity index (χ4n) is 8.77. The lowest BCUT2D eigenvalue weighted by Gasteiger charge is -2.31. The zero-order chi connectivity index (χ0) is 32.6. The number of hydrogen-bond acceptors (Lipinski definition) is 2. The normalized spacial score (nSPS) is 20.3. The minimum Gasteiger partial charge on any atom is -0.178 e. The van der Waals surface area contributed by atoms with E-state index in [4.69, 9.17) is 0 Å². The second-order valence-electron chi connectivity index (χ2n) is 15.1. The quantitative estimate of drug-likeness (QED) is 0.133. The smallest absolute Gasteiger partial charge is 0.0725 e. The molecule has 2 unspecified atom stereocenters. The highest BCUT2D eigenvalue weighted by Crippen LogP contribution is 2.82.